The van der Waals surface area contributed by atoms with Gasteiger partial charge in [-0.05, 0) is 78.2 Å². The Morgan fingerprint density at radius 2 is 2.12 bits per heavy atom. The standard InChI is InChI=1S/C25H27BrN4O3/c1-4-32-25(31)20-6-5-7-27-23(20)28-12-16-8-17(10-19(9-16)33-15(2)3)22-14-30-24-21(22)11-18(26)13-29-24/h5-11,13,15,22H,4,12,14H2,1-3H3,(H,27,28)(H,29,30). The van der Waals surface area contributed by atoms with E-state index in [1.807, 2.05) is 19.9 Å². The van der Waals surface area contributed by atoms with Gasteiger partial charge in [-0.2, -0.15) is 0 Å². The largest absolute Gasteiger partial charge is 0.491 e. The van der Waals surface area contributed by atoms with Gasteiger partial charge >= 0.3 is 5.97 Å². The Kier molecular flexibility index (Phi) is 7.13. The summed E-state index contributed by atoms with van der Waals surface area (Å²) in [5, 5.41) is 6.69. The highest BCUT2D eigenvalue weighted by atomic mass is 79.9. The van der Waals surface area contributed by atoms with Gasteiger partial charge in [0, 0.05) is 41.4 Å². The molecule has 0 amide bonds. The number of halogens is 1. The molecule has 1 atom stereocenters. The van der Waals surface area contributed by atoms with Crippen LogP contribution in [0.1, 0.15) is 53.7 Å². The van der Waals surface area contributed by atoms with Crippen molar-refractivity contribution in [1.29, 1.82) is 0 Å². The van der Waals surface area contributed by atoms with Crippen LogP contribution >= 0.6 is 15.9 Å². The smallest absolute Gasteiger partial charge is 0.341 e. The van der Waals surface area contributed by atoms with E-state index in [0.717, 1.165) is 39.3 Å². The molecule has 0 aliphatic carbocycles. The van der Waals surface area contributed by atoms with Crippen LogP contribution in [0.25, 0.3) is 0 Å². The van der Waals surface area contributed by atoms with Crippen LogP contribution in [0.15, 0.2) is 53.3 Å². The lowest BCUT2D eigenvalue weighted by Crippen LogP contribution is -2.12. The van der Waals surface area contributed by atoms with Gasteiger partial charge in [0.25, 0.3) is 0 Å². The van der Waals surface area contributed by atoms with Crippen LogP contribution in [-0.4, -0.2) is 35.2 Å². The number of nitrogens with zero attached hydrogens (tertiary/aromatic N) is 2. The van der Waals surface area contributed by atoms with Crippen LogP contribution in [0.3, 0.4) is 0 Å². The lowest BCUT2D eigenvalue weighted by molar-refractivity contribution is 0.0527. The average molecular weight is 511 g/mol. The lowest BCUT2D eigenvalue weighted by atomic mass is 9.92. The molecule has 0 saturated heterocycles. The molecule has 0 radical (unpaired) electrons. The highest BCUT2D eigenvalue weighted by Gasteiger charge is 2.26. The van der Waals surface area contributed by atoms with Crippen molar-refractivity contribution >= 4 is 33.5 Å². The summed E-state index contributed by atoms with van der Waals surface area (Å²) in [6.45, 7) is 7.37. The summed E-state index contributed by atoms with van der Waals surface area (Å²) < 4.78 is 12.2. The molecule has 7 nitrogen and oxygen atoms in total. The Morgan fingerprint density at radius 1 is 1.27 bits per heavy atom. The molecular formula is C25H27BrN4O3. The minimum absolute atomic E-state index is 0.0528. The summed E-state index contributed by atoms with van der Waals surface area (Å²) in [6, 6.07) is 11.8. The van der Waals surface area contributed by atoms with Crippen molar-refractivity contribution in [2.45, 2.75) is 39.3 Å². The molecule has 3 heterocycles. The van der Waals surface area contributed by atoms with E-state index in [2.05, 4.69) is 54.7 Å². The number of ether oxygens (including phenoxy) is 2. The first-order valence-corrected chi connectivity index (χ1v) is 11.8. The Hall–Kier alpha value is -3.13. The molecule has 1 aliphatic rings. The number of fused-ring (bicyclic) bond motifs is 1. The molecule has 4 rings (SSSR count). The minimum Gasteiger partial charge on any atom is -0.491 e. The topological polar surface area (TPSA) is 85.4 Å². The van der Waals surface area contributed by atoms with Crippen LogP contribution < -0.4 is 15.4 Å². The third-order valence-corrected chi connectivity index (χ3v) is 5.69. The van der Waals surface area contributed by atoms with Gasteiger partial charge in [-0.15, -0.1) is 0 Å². The number of benzene rings is 1. The van der Waals surface area contributed by atoms with Crippen molar-refractivity contribution < 1.29 is 14.3 Å². The zero-order valence-electron chi connectivity index (χ0n) is 18.9. The predicted octanol–water partition coefficient (Wildman–Crippen LogP) is 5.37. The Labute approximate surface area is 202 Å². The van der Waals surface area contributed by atoms with Crippen LogP contribution in [0, 0.1) is 0 Å². The van der Waals surface area contributed by atoms with Gasteiger partial charge in [-0.25, -0.2) is 14.8 Å². The first kappa shape index (κ1) is 23.0. The van der Waals surface area contributed by atoms with Gasteiger partial charge in [0.2, 0.25) is 0 Å². The molecule has 0 spiro atoms. The quantitative estimate of drug-likeness (QED) is 0.393. The SMILES string of the molecule is CCOC(=O)c1cccnc1NCc1cc(OC(C)C)cc(C2CNc3ncc(Br)cc32)c1. The number of carbonyl (C=O) groups is 1. The summed E-state index contributed by atoms with van der Waals surface area (Å²) in [6.07, 6.45) is 3.51. The van der Waals surface area contributed by atoms with E-state index in [0.29, 0.717) is 24.5 Å². The molecule has 1 unspecified atom stereocenters. The number of anilines is 2. The minimum atomic E-state index is -0.391. The van der Waals surface area contributed by atoms with E-state index in [4.69, 9.17) is 9.47 Å². The first-order chi connectivity index (χ1) is 15.9. The molecule has 1 aliphatic heterocycles. The molecule has 0 saturated carbocycles. The molecule has 172 valence electrons. The van der Waals surface area contributed by atoms with Crippen LogP contribution in [-0.2, 0) is 11.3 Å². The molecular weight excluding hydrogens is 484 g/mol. The summed E-state index contributed by atoms with van der Waals surface area (Å²) in [5.41, 5.74) is 3.74. The fraction of sp³-hybridized carbons (Fsp3) is 0.320. The van der Waals surface area contributed by atoms with Gasteiger partial charge in [0.05, 0.1) is 12.7 Å². The zero-order valence-corrected chi connectivity index (χ0v) is 20.5. The summed E-state index contributed by atoms with van der Waals surface area (Å²) in [7, 11) is 0. The lowest BCUT2D eigenvalue weighted by Gasteiger charge is -2.18. The number of nitrogens with one attached hydrogen (secondary N) is 2. The maximum Gasteiger partial charge on any atom is 0.341 e. The summed E-state index contributed by atoms with van der Waals surface area (Å²) in [4.78, 5) is 21.1. The number of carbonyl (C=O) groups excluding carboxylic acids is 1. The van der Waals surface area contributed by atoms with Crippen LogP contribution in [0.5, 0.6) is 5.75 Å². The molecule has 3 aromatic rings. The maximum atomic E-state index is 12.3. The molecule has 0 bridgehead atoms. The third kappa shape index (κ3) is 5.45. The first-order valence-electron chi connectivity index (χ1n) is 11.0. The number of hydrogen-bond acceptors (Lipinski definition) is 7. The van der Waals surface area contributed by atoms with Crippen molar-refractivity contribution in [2.75, 3.05) is 23.8 Å². The van der Waals surface area contributed by atoms with Crippen molar-refractivity contribution in [3.8, 4) is 5.75 Å². The molecule has 1 aromatic carbocycles. The normalized spacial score (nSPS) is 14.5. The van der Waals surface area contributed by atoms with E-state index < -0.39 is 5.97 Å². The summed E-state index contributed by atoms with van der Waals surface area (Å²) >= 11 is 3.54. The second kappa shape index (κ2) is 10.2. The van der Waals surface area contributed by atoms with Gasteiger partial charge in [-0.3, -0.25) is 0 Å². The Balaban J connectivity index is 1.62. The van der Waals surface area contributed by atoms with Crippen molar-refractivity contribution in [1.82, 2.24) is 9.97 Å². The van der Waals surface area contributed by atoms with E-state index in [-0.39, 0.29) is 12.0 Å². The van der Waals surface area contributed by atoms with Gasteiger partial charge in [0.15, 0.2) is 0 Å². The van der Waals surface area contributed by atoms with Gasteiger partial charge in [0.1, 0.15) is 22.9 Å². The molecule has 8 heteroatoms. The molecule has 0 fully saturated rings. The maximum absolute atomic E-state index is 12.3. The fourth-order valence-electron chi connectivity index (χ4n) is 3.91. The zero-order chi connectivity index (χ0) is 23.4. The number of aromatic nitrogens is 2. The predicted molar refractivity (Wildman–Crippen MR) is 132 cm³/mol. The van der Waals surface area contributed by atoms with E-state index in [1.54, 1.807) is 31.5 Å². The highest BCUT2D eigenvalue weighted by molar-refractivity contribution is 9.10. The van der Waals surface area contributed by atoms with Crippen LogP contribution in [0.2, 0.25) is 0 Å². The van der Waals surface area contributed by atoms with Gasteiger partial charge in [-0.1, -0.05) is 6.07 Å². The molecule has 2 aromatic heterocycles. The second-order valence-corrected chi connectivity index (χ2v) is 8.99. The average Bonchev–Trinajstić information content (AvgIpc) is 3.20. The van der Waals surface area contributed by atoms with Gasteiger partial charge < -0.3 is 20.1 Å². The monoisotopic (exact) mass is 510 g/mol. The molecule has 33 heavy (non-hydrogen) atoms. The second-order valence-electron chi connectivity index (χ2n) is 8.08. The van der Waals surface area contributed by atoms with E-state index >= 15 is 0 Å². The number of rotatable bonds is 8. The molecule has 2 N–H and O–H groups in total. The number of pyridine rings is 2. The van der Waals surface area contributed by atoms with E-state index in [1.165, 1.54) is 0 Å². The van der Waals surface area contributed by atoms with Crippen molar-refractivity contribution in [3.05, 3.63) is 75.5 Å². The highest BCUT2D eigenvalue weighted by Crippen LogP contribution is 2.38. The Morgan fingerprint density at radius 3 is 2.91 bits per heavy atom. The number of hydrogen-bond donors (Lipinski definition) is 2. The third-order valence-electron chi connectivity index (χ3n) is 5.26. The fourth-order valence-corrected chi connectivity index (χ4v) is 4.26. The van der Waals surface area contributed by atoms with Crippen molar-refractivity contribution in [2.24, 2.45) is 0 Å². The van der Waals surface area contributed by atoms with Crippen molar-refractivity contribution in [3.63, 3.8) is 0 Å². The number of esters is 1. The van der Waals surface area contributed by atoms with E-state index in [9.17, 15) is 4.79 Å². The Bertz CT molecular complexity index is 1150. The summed E-state index contributed by atoms with van der Waals surface area (Å²) in [5.74, 6) is 1.98. The van der Waals surface area contributed by atoms with Crippen LogP contribution in [0.4, 0.5) is 11.6 Å².